The van der Waals surface area contributed by atoms with E-state index in [2.05, 4.69) is 0 Å². The van der Waals surface area contributed by atoms with Crippen LogP contribution in [0.3, 0.4) is 0 Å². The minimum Gasteiger partial charge on any atom is -0.550 e. The van der Waals surface area contributed by atoms with Crippen LogP contribution in [0.5, 0.6) is 0 Å². The van der Waals surface area contributed by atoms with E-state index in [0.29, 0.717) is 11.1 Å². The minimum absolute atomic E-state index is 0. The molecular weight excluding hydrogens is 297 g/mol. The van der Waals surface area contributed by atoms with Crippen LogP contribution in [0.15, 0.2) is 24.3 Å². The molecule has 21 heavy (non-hydrogen) atoms. The summed E-state index contributed by atoms with van der Waals surface area (Å²) in [5, 5.41) is 11.0. The second-order valence-corrected chi connectivity index (χ2v) is 5.99. The third-order valence-corrected chi connectivity index (χ3v) is 4.56. The van der Waals surface area contributed by atoms with Gasteiger partial charge in [-0.15, -0.1) is 0 Å². The molecule has 1 fully saturated rings. The van der Waals surface area contributed by atoms with Gasteiger partial charge < -0.3 is 9.90 Å². The van der Waals surface area contributed by atoms with Crippen molar-refractivity contribution < 1.29 is 70.9 Å². The van der Waals surface area contributed by atoms with Gasteiger partial charge in [0.05, 0.1) is 11.1 Å². The summed E-state index contributed by atoms with van der Waals surface area (Å²) < 4.78 is 0. The molecule has 1 saturated carbocycles. The number of carboxylic acid groups (broad SMARTS) is 1. The topological polar surface area (TPSA) is 77.5 Å². The van der Waals surface area contributed by atoms with E-state index in [4.69, 9.17) is 0 Å². The first kappa shape index (κ1) is 16.8. The Bertz CT molecular complexity index is 605. The number of nitrogens with zero attached hydrogens (tertiary/aromatic N) is 1. The van der Waals surface area contributed by atoms with Crippen molar-refractivity contribution in [3.8, 4) is 0 Å². The first-order chi connectivity index (χ1) is 9.35. The maximum Gasteiger partial charge on any atom is 1.00 e. The van der Waals surface area contributed by atoms with Crippen LogP contribution in [-0.2, 0) is 4.79 Å². The SMILES string of the molecule is CC1(C)[C@H](C(=O)[O-])[C@@H]1CN1C(=O)c2ccccc2C1=O.[K+]. The molecule has 0 N–H and O–H groups in total. The minimum atomic E-state index is -1.11. The molecule has 104 valence electrons. The third-order valence-electron chi connectivity index (χ3n) is 4.56. The summed E-state index contributed by atoms with van der Waals surface area (Å²) in [6.07, 6.45) is 0. The number of hydrogen-bond donors (Lipinski definition) is 0. The summed E-state index contributed by atoms with van der Waals surface area (Å²) in [6.45, 7) is 3.77. The Kier molecular flexibility index (Phi) is 4.48. The van der Waals surface area contributed by atoms with E-state index < -0.39 is 17.3 Å². The molecule has 0 saturated heterocycles. The van der Waals surface area contributed by atoms with Gasteiger partial charge in [0.15, 0.2) is 0 Å². The zero-order chi connectivity index (χ0) is 14.7. The normalized spacial score (nSPS) is 25.3. The molecule has 0 spiro atoms. The molecule has 6 heteroatoms. The average molecular weight is 311 g/mol. The van der Waals surface area contributed by atoms with Gasteiger partial charge in [-0.05, 0) is 23.5 Å². The molecule has 1 aliphatic carbocycles. The molecule has 0 bridgehead atoms. The first-order valence-corrected chi connectivity index (χ1v) is 6.51. The van der Waals surface area contributed by atoms with Crippen molar-refractivity contribution in [2.24, 2.45) is 17.3 Å². The van der Waals surface area contributed by atoms with Crippen LogP contribution in [0.2, 0.25) is 0 Å². The van der Waals surface area contributed by atoms with Crippen LogP contribution in [0, 0.1) is 17.3 Å². The molecule has 0 radical (unpaired) electrons. The standard InChI is InChI=1S/C15H15NO4.K/c1-15(2)10(11(15)14(19)20)7-16-12(17)8-5-3-4-6-9(8)13(16)18;/h3-6,10-11H,7H2,1-2H3,(H,19,20);/q;+1/p-1/t10-,11-;/m0./s1. The van der Waals surface area contributed by atoms with Crippen LogP contribution in [0.25, 0.3) is 0 Å². The van der Waals surface area contributed by atoms with E-state index in [1.54, 1.807) is 24.3 Å². The van der Waals surface area contributed by atoms with Gasteiger partial charge in [-0.1, -0.05) is 26.0 Å². The molecule has 2 aliphatic rings. The Morgan fingerprint density at radius 2 is 1.67 bits per heavy atom. The van der Waals surface area contributed by atoms with Crippen molar-refractivity contribution in [3.05, 3.63) is 35.4 Å². The van der Waals surface area contributed by atoms with Crippen molar-refractivity contribution in [2.75, 3.05) is 6.54 Å². The second-order valence-electron chi connectivity index (χ2n) is 5.99. The smallest absolute Gasteiger partial charge is 0.550 e. The fraction of sp³-hybridized carbons (Fsp3) is 0.400. The number of hydrogen-bond acceptors (Lipinski definition) is 4. The van der Waals surface area contributed by atoms with Gasteiger partial charge in [0.2, 0.25) is 0 Å². The zero-order valence-corrected chi connectivity index (χ0v) is 15.4. The predicted molar refractivity (Wildman–Crippen MR) is 67.6 cm³/mol. The predicted octanol–water partition coefficient (Wildman–Crippen LogP) is -2.69. The number of aliphatic carboxylic acids is 1. The van der Waals surface area contributed by atoms with E-state index in [1.165, 1.54) is 0 Å². The van der Waals surface area contributed by atoms with Crippen molar-refractivity contribution in [2.45, 2.75) is 13.8 Å². The molecule has 5 nitrogen and oxygen atoms in total. The molecule has 2 atom stereocenters. The van der Waals surface area contributed by atoms with Crippen molar-refractivity contribution in [1.29, 1.82) is 0 Å². The number of carbonyl (C=O) groups excluding carboxylic acids is 3. The summed E-state index contributed by atoms with van der Waals surface area (Å²) in [7, 11) is 0. The molecule has 1 aromatic carbocycles. The number of amides is 2. The number of carbonyl (C=O) groups is 3. The Morgan fingerprint density at radius 3 is 2.05 bits per heavy atom. The fourth-order valence-corrected chi connectivity index (χ4v) is 3.15. The van der Waals surface area contributed by atoms with Gasteiger partial charge in [0.1, 0.15) is 0 Å². The van der Waals surface area contributed by atoms with E-state index >= 15 is 0 Å². The molecule has 1 aliphatic heterocycles. The number of carboxylic acids is 1. The van der Waals surface area contributed by atoms with Gasteiger partial charge in [0.25, 0.3) is 11.8 Å². The maximum absolute atomic E-state index is 12.2. The number of fused-ring (bicyclic) bond motifs is 1. The summed E-state index contributed by atoms with van der Waals surface area (Å²) >= 11 is 0. The summed E-state index contributed by atoms with van der Waals surface area (Å²) in [4.78, 5) is 36.6. The average Bonchev–Trinajstić information content (AvgIpc) is 2.86. The van der Waals surface area contributed by atoms with E-state index in [1.807, 2.05) is 13.8 Å². The fourth-order valence-electron chi connectivity index (χ4n) is 3.15. The number of benzene rings is 1. The molecule has 0 aromatic heterocycles. The summed E-state index contributed by atoms with van der Waals surface area (Å²) in [6, 6.07) is 6.64. The van der Waals surface area contributed by atoms with Gasteiger partial charge in [0, 0.05) is 18.4 Å². The van der Waals surface area contributed by atoms with Crippen LogP contribution in [0.1, 0.15) is 34.6 Å². The molecule has 0 unspecified atom stereocenters. The second kappa shape index (κ2) is 5.59. The van der Waals surface area contributed by atoms with Crippen LogP contribution < -0.4 is 56.5 Å². The van der Waals surface area contributed by atoms with Crippen molar-refractivity contribution in [1.82, 2.24) is 4.90 Å². The Labute approximate surface area is 165 Å². The van der Waals surface area contributed by atoms with Crippen LogP contribution in [-0.4, -0.2) is 29.2 Å². The Morgan fingerprint density at radius 1 is 1.19 bits per heavy atom. The van der Waals surface area contributed by atoms with Gasteiger partial charge in [-0.3, -0.25) is 14.5 Å². The molecule has 1 aromatic rings. The van der Waals surface area contributed by atoms with E-state index in [9.17, 15) is 19.5 Å². The van der Waals surface area contributed by atoms with Crippen molar-refractivity contribution >= 4 is 17.8 Å². The van der Waals surface area contributed by atoms with Gasteiger partial charge >= 0.3 is 51.4 Å². The molecular formula is C15H14KNO4. The number of imide groups is 1. The van der Waals surface area contributed by atoms with Gasteiger partial charge in [-0.2, -0.15) is 0 Å². The Hall–Kier alpha value is -0.534. The van der Waals surface area contributed by atoms with E-state index in [0.717, 1.165) is 4.90 Å². The van der Waals surface area contributed by atoms with E-state index in [-0.39, 0.29) is 75.7 Å². The maximum atomic E-state index is 12.2. The summed E-state index contributed by atoms with van der Waals surface area (Å²) in [5.41, 5.74) is 0.343. The monoisotopic (exact) mass is 311 g/mol. The molecule has 1 heterocycles. The molecule has 2 amide bonds. The third kappa shape index (κ3) is 2.53. The largest absolute Gasteiger partial charge is 1.00 e. The quantitative estimate of drug-likeness (QED) is 0.450. The zero-order valence-electron chi connectivity index (χ0n) is 12.3. The first-order valence-electron chi connectivity index (χ1n) is 6.51. The number of rotatable bonds is 3. The van der Waals surface area contributed by atoms with Crippen LogP contribution in [0.4, 0.5) is 0 Å². The van der Waals surface area contributed by atoms with Gasteiger partial charge in [-0.25, -0.2) is 0 Å². The summed E-state index contributed by atoms with van der Waals surface area (Å²) in [5.74, 6) is -2.64. The Balaban J connectivity index is 0.00000161. The molecule has 3 rings (SSSR count). The van der Waals surface area contributed by atoms with Crippen molar-refractivity contribution in [3.63, 3.8) is 0 Å². The van der Waals surface area contributed by atoms with Crippen LogP contribution >= 0.6 is 0 Å².